The Labute approximate surface area is 126 Å². The van der Waals surface area contributed by atoms with Gasteiger partial charge >= 0.3 is 0 Å². The molecule has 0 radical (unpaired) electrons. The molecule has 0 bridgehead atoms. The highest BCUT2D eigenvalue weighted by atomic mass is 35.5. The van der Waals surface area contributed by atoms with E-state index in [-0.39, 0.29) is 27.9 Å². The zero-order valence-electron chi connectivity index (χ0n) is 11.4. The number of amides is 1. The molecule has 5 nitrogen and oxygen atoms in total. The predicted octanol–water partition coefficient (Wildman–Crippen LogP) is 2.73. The topological polar surface area (TPSA) is 59.8 Å². The second-order valence-electron chi connectivity index (χ2n) is 5.49. The Bertz CT molecular complexity index is 696. The molecule has 0 unspecified atom stereocenters. The molecule has 0 spiro atoms. The van der Waals surface area contributed by atoms with Crippen LogP contribution in [-0.4, -0.2) is 26.4 Å². The van der Waals surface area contributed by atoms with E-state index in [1.54, 1.807) is 6.07 Å². The van der Waals surface area contributed by atoms with Crippen LogP contribution in [0.5, 0.6) is 0 Å². The van der Waals surface area contributed by atoms with E-state index in [0.29, 0.717) is 0 Å². The van der Waals surface area contributed by atoms with Crippen LogP contribution in [0.1, 0.15) is 36.7 Å². The Morgan fingerprint density at radius 1 is 1.48 bits per heavy atom. The van der Waals surface area contributed by atoms with Crippen molar-refractivity contribution in [3.8, 4) is 5.69 Å². The van der Waals surface area contributed by atoms with Gasteiger partial charge in [0.1, 0.15) is 5.69 Å². The number of benzene rings is 1. The first-order valence-corrected chi connectivity index (χ1v) is 7.06. The SMILES string of the molecule is CC1(NC(=O)c2cn(-c3cccc(Cl)c3F)nn2)CCC1. The number of rotatable bonds is 3. The third-order valence-electron chi connectivity index (χ3n) is 3.78. The third-order valence-corrected chi connectivity index (χ3v) is 4.07. The second-order valence-corrected chi connectivity index (χ2v) is 5.90. The number of hydrogen-bond acceptors (Lipinski definition) is 3. The standard InChI is InChI=1S/C14H14ClFN4O/c1-14(6-3-7-14)17-13(21)10-8-20(19-18-10)11-5-2-4-9(15)12(11)16/h2,4-5,8H,3,6-7H2,1H3,(H,17,21). The Kier molecular flexibility index (Phi) is 3.41. The van der Waals surface area contributed by atoms with Gasteiger partial charge in [-0.05, 0) is 38.3 Å². The maximum atomic E-state index is 13.9. The molecule has 0 aliphatic heterocycles. The average Bonchev–Trinajstić information content (AvgIpc) is 2.89. The molecule has 2 aromatic rings. The Morgan fingerprint density at radius 3 is 2.90 bits per heavy atom. The maximum absolute atomic E-state index is 13.9. The molecule has 1 saturated carbocycles. The lowest BCUT2D eigenvalue weighted by molar-refractivity contribution is 0.0845. The molecule has 1 aliphatic rings. The number of carbonyl (C=O) groups is 1. The summed E-state index contributed by atoms with van der Waals surface area (Å²) < 4.78 is 15.1. The van der Waals surface area contributed by atoms with Gasteiger partial charge in [0, 0.05) is 5.54 Å². The van der Waals surface area contributed by atoms with Crippen molar-refractivity contribution < 1.29 is 9.18 Å². The molecule has 21 heavy (non-hydrogen) atoms. The van der Waals surface area contributed by atoms with Crippen LogP contribution in [0.3, 0.4) is 0 Å². The second kappa shape index (κ2) is 5.11. The van der Waals surface area contributed by atoms with Gasteiger partial charge in [-0.2, -0.15) is 0 Å². The van der Waals surface area contributed by atoms with Crippen LogP contribution in [0.25, 0.3) is 5.69 Å². The van der Waals surface area contributed by atoms with Gasteiger partial charge < -0.3 is 5.32 Å². The minimum Gasteiger partial charge on any atom is -0.345 e. The van der Waals surface area contributed by atoms with E-state index >= 15 is 0 Å². The predicted molar refractivity (Wildman–Crippen MR) is 76.0 cm³/mol. The van der Waals surface area contributed by atoms with Crippen LogP contribution in [0.2, 0.25) is 5.02 Å². The first-order valence-electron chi connectivity index (χ1n) is 6.68. The molecule has 1 aromatic carbocycles. The summed E-state index contributed by atoms with van der Waals surface area (Å²) >= 11 is 5.73. The van der Waals surface area contributed by atoms with Crippen LogP contribution < -0.4 is 5.32 Å². The molecule has 1 aliphatic carbocycles. The van der Waals surface area contributed by atoms with Crippen LogP contribution in [0, 0.1) is 5.82 Å². The number of nitrogens with zero attached hydrogens (tertiary/aromatic N) is 3. The van der Waals surface area contributed by atoms with E-state index < -0.39 is 5.82 Å². The highest BCUT2D eigenvalue weighted by Crippen LogP contribution is 2.31. The van der Waals surface area contributed by atoms with E-state index in [2.05, 4.69) is 15.6 Å². The summed E-state index contributed by atoms with van der Waals surface area (Å²) in [6, 6.07) is 4.57. The van der Waals surface area contributed by atoms with Crippen LogP contribution in [0.4, 0.5) is 4.39 Å². The zero-order valence-corrected chi connectivity index (χ0v) is 12.2. The van der Waals surface area contributed by atoms with Gasteiger partial charge in [0.2, 0.25) is 0 Å². The van der Waals surface area contributed by atoms with E-state index in [0.717, 1.165) is 19.3 Å². The van der Waals surface area contributed by atoms with Crippen molar-refractivity contribution >= 4 is 17.5 Å². The molecule has 1 fully saturated rings. The summed E-state index contributed by atoms with van der Waals surface area (Å²) in [5.41, 5.74) is 0.147. The van der Waals surface area contributed by atoms with Crippen molar-refractivity contribution in [2.45, 2.75) is 31.7 Å². The summed E-state index contributed by atoms with van der Waals surface area (Å²) in [4.78, 5) is 12.1. The van der Waals surface area contributed by atoms with Crippen molar-refractivity contribution in [3.05, 3.63) is 40.9 Å². The van der Waals surface area contributed by atoms with E-state index in [9.17, 15) is 9.18 Å². The number of aromatic nitrogens is 3. The quantitative estimate of drug-likeness (QED) is 0.948. The average molecular weight is 309 g/mol. The Balaban J connectivity index is 1.83. The van der Waals surface area contributed by atoms with Gasteiger partial charge in [-0.1, -0.05) is 22.9 Å². The lowest BCUT2D eigenvalue weighted by atomic mass is 9.78. The Morgan fingerprint density at radius 2 is 2.24 bits per heavy atom. The molecular formula is C14H14ClFN4O. The van der Waals surface area contributed by atoms with E-state index in [4.69, 9.17) is 11.6 Å². The highest BCUT2D eigenvalue weighted by Gasteiger charge is 2.34. The fraction of sp³-hybridized carbons (Fsp3) is 0.357. The van der Waals surface area contributed by atoms with Gasteiger partial charge in [-0.25, -0.2) is 9.07 Å². The largest absolute Gasteiger partial charge is 0.345 e. The van der Waals surface area contributed by atoms with Gasteiger partial charge in [0.15, 0.2) is 11.5 Å². The number of hydrogen-bond donors (Lipinski definition) is 1. The summed E-state index contributed by atoms with van der Waals surface area (Å²) in [7, 11) is 0. The summed E-state index contributed by atoms with van der Waals surface area (Å²) in [5, 5.41) is 10.5. The smallest absolute Gasteiger partial charge is 0.273 e. The van der Waals surface area contributed by atoms with Crippen molar-refractivity contribution in [3.63, 3.8) is 0 Å². The van der Waals surface area contributed by atoms with Gasteiger partial charge in [-0.15, -0.1) is 5.10 Å². The summed E-state index contributed by atoms with van der Waals surface area (Å²) in [5.74, 6) is -0.895. The lowest BCUT2D eigenvalue weighted by Crippen LogP contribution is -2.51. The molecule has 110 valence electrons. The fourth-order valence-corrected chi connectivity index (χ4v) is 2.49. The first kappa shape index (κ1) is 14.0. The summed E-state index contributed by atoms with van der Waals surface area (Å²) in [6.45, 7) is 2.00. The minimum absolute atomic E-state index is 0.00372. The van der Waals surface area contributed by atoms with Gasteiger partial charge in [-0.3, -0.25) is 4.79 Å². The molecule has 7 heteroatoms. The van der Waals surface area contributed by atoms with E-state index in [1.165, 1.54) is 23.0 Å². The minimum atomic E-state index is -0.595. The molecule has 0 saturated heterocycles. The maximum Gasteiger partial charge on any atom is 0.273 e. The van der Waals surface area contributed by atoms with Gasteiger partial charge in [0.25, 0.3) is 5.91 Å². The van der Waals surface area contributed by atoms with Crippen molar-refractivity contribution in [2.24, 2.45) is 0 Å². The Hall–Kier alpha value is -1.95. The summed E-state index contributed by atoms with van der Waals surface area (Å²) in [6.07, 6.45) is 4.41. The monoisotopic (exact) mass is 308 g/mol. The normalized spacial score (nSPS) is 16.3. The molecule has 3 rings (SSSR count). The molecule has 1 heterocycles. The highest BCUT2D eigenvalue weighted by molar-refractivity contribution is 6.30. The molecule has 0 atom stereocenters. The zero-order chi connectivity index (χ0) is 15.0. The fourth-order valence-electron chi connectivity index (χ4n) is 2.33. The number of carbonyl (C=O) groups excluding carboxylic acids is 1. The first-order chi connectivity index (χ1) is 9.98. The van der Waals surface area contributed by atoms with Crippen molar-refractivity contribution in [1.29, 1.82) is 0 Å². The molecular weight excluding hydrogens is 295 g/mol. The number of nitrogens with one attached hydrogen (secondary N) is 1. The number of halogens is 2. The van der Waals surface area contributed by atoms with Crippen LogP contribution in [-0.2, 0) is 0 Å². The van der Waals surface area contributed by atoms with Crippen molar-refractivity contribution in [2.75, 3.05) is 0 Å². The third kappa shape index (κ3) is 2.63. The molecule has 1 aromatic heterocycles. The van der Waals surface area contributed by atoms with Crippen molar-refractivity contribution in [1.82, 2.24) is 20.3 Å². The van der Waals surface area contributed by atoms with Crippen LogP contribution in [0.15, 0.2) is 24.4 Å². The van der Waals surface area contributed by atoms with Gasteiger partial charge in [0.05, 0.1) is 11.2 Å². The van der Waals surface area contributed by atoms with E-state index in [1.807, 2.05) is 6.92 Å². The van der Waals surface area contributed by atoms with Crippen LogP contribution >= 0.6 is 11.6 Å². The lowest BCUT2D eigenvalue weighted by Gasteiger charge is -2.38. The molecule has 1 N–H and O–H groups in total. The molecule has 1 amide bonds.